The molecule has 1 aromatic heterocycles. The number of nitrogens with zero attached hydrogens (tertiary/aromatic N) is 1. The fourth-order valence-electron chi connectivity index (χ4n) is 3.48. The van der Waals surface area contributed by atoms with Gasteiger partial charge in [-0.15, -0.1) is 0 Å². The summed E-state index contributed by atoms with van der Waals surface area (Å²) in [5.74, 6) is 0. The lowest BCUT2D eigenvalue weighted by Crippen LogP contribution is -2.25. The summed E-state index contributed by atoms with van der Waals surface area (Å²) in [7, 11) is 2.13. The van der Waals surface area contributed by atoms with E-state index in [2.05, 4.69) is 29.9 Å². The summed E-state index contributed by atoms with van der Waals surface area (Å²) in [6.45, 7) is 0. The number of hydrogen-bond donors (Lipinski definition) is 0. The van der Waals surface area contributed by atoms with Crippen LogP contribution in [0, 0.1) is 5.41 Å². The van der Waals surface area contributed by atoms with E-state index in [0.29, 0.717) is 6.10 Å². The monoisotopic (exact) mass is 203 g/mol. The first-order chi connectivity index (χ1) is 7.24. The number of epoxide rings is 1. The van der Waals surface area contributed by atoms with E-state index in [1.165, 1.54) is 37.8 Å². The van der Waals surface area contributed by atoms with E-state index in [0.717, 1.165) is 5.41 Å². The molecule has 2 nitrogen and oxygen atoms in total. The third kappa shape index (κ3) is 0.984. The molecule has 80 valence electrons. The van der Waals surface area contributed by atoms with Crippen molar-refractivity contribution in [1.82, 2.24) is 4.57 Å². The van der Waals surface area contributed by atoms with Gasteiger partial charge in [-0.2, -0.15) is 0 Å². The molecule has 1 spiro atoms. The molecular weight excluding hydrogens is 186 g/mol. The summed E-state index contributed by atoms with van der Waals surface area (Å²) in [6.07, 6.45) is 9.51. The van der Waals surface area contributed by atoms with Crippen molar-refractivity contribution in [2.45, 2.75) is 43.8 Å². The zero-order valence-corrected chi connectivity index (χ0v) is 9.20. The van der Waals surface area contributed by atoms with Crippen LogP contribution in [-0.4, -0.2) is 10.7 Å². The van der Waals surface area contributed by atoms with Crippen molar-refractivity contribution in [2.75, 3.05) is 0 Å². The van der Waals surface area contributed by atoms with Crippen molar-refractivity contribution in [3.63, 3.8) is 0 Å². The fraction of sp³-hybridized carbons (Fsp3) is 0.692. The Morgan fingerprint density at radius 3 is 2.73 bits per heavy atom. The van der Waals surface area contributed by atoms with Gasteiger partial charge in [-0.05, 0) is 49.7 Å². The zero-order valence-electron chi connectivity index (χ0n) is 9.20. The molecule has 2 heteroatoms. The molecule has 0 amide bonds. The smallest absolute Gasteiger partial charge is 0.134 e. The maximum Gasteiger partial charge on any atom is 0.134 e. The number of fused-ring (bicyclic) bond motifs is 1. The van der Waals surface area contributed by atoms with Crippen LogP contribution in [-0.2, 0) is 17.4 Å². The topological polar surface area (TPSA) is 17.5 Å². The number of hydrogen-bond acceptors (Lipinski definition) is 1. The van der Waals surface area contributed by atoms with Crippen molar-refractivity contribution >= 4 is 0 Å². The number of ether oxygens (including phenoxy) is 1. The minimum absolute atomic E-state index is 0.117. The third-order valence-corrected chi connectivity index (χ3v) is 4.80. The zero-order chi connectivity index (χ0) is 10.1. The lowest BCUT2D eigenvalue weighted by Gasteiger charge is -2.24. The van der Waals surface area contributed by atoms with Gasteiger partial charge in [0.25, 0.3) is 0 Å². The Morgan fingerprint density at radius 1 is 1.33 bits per heavy atom. The molecule has 0 radical (unpaired) electrons. The summed E-state index contributed by atoms with van der Waals surface area (Å²) in [6, 6.07) is 4.36. The average Bonchev–Trinajstić information content (AvgIpc) is 3.10. The molecule has 0 N–H and O–H groups in total. The number of aromatic nitrogens is 1. The van der Waals surface area contributed by atoms with Crippen LogP contribution in [0.25, 0.3) is 0 Å². The number of aryl methyl sites for hydroxylation is 1. The van der Waals surface area contributed by atoms with Crippen LogP contribution in [0.2, 0.25) is 0 Å². The van der Waals surface area contributed by atoms with E-state index in [9.17, 15) is 0 Å². The molecule has 3 aliphatic rings. The Kier molecular flexibility index (Phi) is 1.30. The SMILES string of the molecule is Cn1cccc1[C@]12CCC3(CC3)C[C@@H]1O2. The Morgan fingerprint density at radius 2 is 2.13 bits per heavy atom. The molecule has 2 saturated carbocycles. The van der Waals surface area contributed by atoms with Crippen molar-refractivity contribution in [3.8, 4) is 0 Å². The molecule has 15 heavy (non-hydrogen) atoms. The normalized spacial score (nSPS) is 40.2. The predicted molar refractivity (Wildman–Crippen MR) is 57.5 cm³/mol. The van der Waals surface area contributed by atoms with Gasteiger partial charge in [-0.3, -0.25) is 0 Å². The maximum absolute atomic E-state index is 6.05. The minimum atomic E-state index is 0.117. The van der Waals surface area contributed by atoms with Crippen molar-refractivity contribution in [1.29, 1.82) is 0 Å². The maximum atomic E-state index is 6.05. The van der Waals surface area contributed by atoms with Gasteiger partial charge in [0, 0.05) is 13.2 Å². The van der Waals surface area contributed by atoms with Gasteiger partial charge in [0.05, 0.1) is 11.8 Å². The van der Waals surface area contributed by atoms with Crippen molar-refractivity contribution < 1.29 is 4.74 Å². The average molecular weight is 203 g/mol. The third-order valence-electron chi connectivity index (χ3n) is 4.80. The lowest BCUT2D eigenvalue weighted by molar-refractivity contribution is 0.270. The van der Waals surface area contributed by atoms with E-state index in [4.69, 9.17) is 4.74 Å². The molecule has 2 atom stereocenters. The van der Waals surface area contributed by atoms with Crippen LogP contribution < -0.4 is 0 Å². The van der Waals surface area contributed by atoms with Crippen LogP contribution in [0.1, 0.15) is 37.8 Å². The second kappa shape index (κ2) is 2.32. The molecule has 1 aromatic rings. The molecule has 0 aromatic carbocycles. The van der Waals surface area contributed by atoms with Gasteiger partial charge >= 0.3 is 0 Å². The van der Waals surface area contributed by atoms with Gasteiger partial charge < -0.3 is 9.30 Å². The molecule has 2 aliphatic carbocycles. The second-order valence-electron chi connectivity index (χ2n) is 5.70. The molecule has 0 unspecified atom stereocenters. The molecule has 4 rings (SSSR count). The van der Waals surface area contributed by atoms with Crippen LogP contribution in [0.5, 0.6) is 0 Å². The lowest BCUT2D eigenvalue weighted by atomic mass is 9.78. The number of rotatable bonds is 1. The Hall–Kier alpha value is -0.760. The van der Waals surface area contributed by atoms with E-state index in [1.54, 1.807) is 0 Å². The van der Waals surface area contributed by atoms with E-state index in [1.807, 2.05) is 0 Å². The molecule has 2 heterocycles. The first kappa shape index (κ1) is 8.40. The predicted octanol–water partition coefficient (Wildman–Crippen LogP) is 2.58. The first-order valence-corrected chi connectivity index (χ1v) is 6.04. The molecular formula is C13H17NO. The quantitative estimate of drug-likeness (QED) is 0.641. The van der Waals surface area contributed by atoms with Gasteiger partial charge in [0.1, 0.15) is 5.60 Å². The van der Waals surface area contributed by atoms with Crippen LogP contribution in [0.4, 0.5) is 0 Å². The van der Waals surface area contributed by atoms with E-state index >= 15 is 0 Å². The molecule has 1 aliphatic heterocycles. The van der Waals surface area contributed by atoms with Gasteiger partial charge in [-0.1, -0.05) is 0 Å². The highest BCUT2D eigenvalue weighted by Crippen LogP contribution is 2.67. The van der Waals surface area contributed by atoms with E-state index < -0.39 is 0 Å². The Bertz CT molecular complexity index is 418. The van der Waals surface area contributed by atoms with Gasteiger partial charge in [0.2, 0.25) is 0 Å². The fourth-order valence-corrected chi connectivity index (χ4v) is 3.48. The first-order valence-electron chi connectivity index (χ1n) is 6.04. The second-order valence-corrected chi connectivity index (χ2v) is 5.70. The van der Waals surface area contributed by atoms with Gasteiger partial charge in [0.15, 0.2) is 0 Å². The summed E-state index contributed by atoms with van der Waals surface area (Å²) in [4.78, 5) is 0. The molecule has 0 bridgehead atoms. The minimum Gasteiger partial charge on any atom is -0.359 e. The highest BCUT2D eigenvalue weighted by Gasteiger charge is 2.66. The molecule has 1 saturated heterocycles. The van der Waals surface area contributed by atoms with Crippen LogP contribution >= 0.6 is 0 Å². The van der Waals surface area contributed by atoms with Crippen molar-refractivity contribution in [3.05, 3.63) is 24.0 Å². The van der Waals surface area contributed by atoms with Gasteiger partial charge in [-0.25, -0.2) is 0 Å². The summed E-state index contributed by atoms with van der Waals surface area (Å²) in [5.41, 5.74) is 2.23. The Labute approximate surface area is 90.2 Å². The van der Waals surface area contributed by atoms with Crippen molar-refractivity contribution in [2.24, 2.45) is 12.5 Å². The highest BCUT2D eigenvalue weighted by molar-refractivity contribution is 5.27. The Balaban J connectivity index is 1.67. The summed E-state index contributed by atoms with van der Waals surface area (Å²) in [5, 5.41) is 0. The van der Waals surface area contributed by atoms with Crippen LogP contribution in [0.3, 0.4) is 0 Å². The van der Waals surface area contributed by atoms with Crippen LogP contribution in [0.15, 0.2) is 18.3 Å². The summed E-state index contributed by atoms with van der Waals surface area (Å²) < 4.78 is 8.27. The largest absolute Gasteiger partial charge is 0.359 e. The van der Waals surface area contributed by atoms with E-state index in [-0.39, 0.29) is 5.60 Å². The molecule has 3 fully saturated rings. The summed E-state index contributed by atoms with van der Waals surface area (Å²) >= 11 is 0. The highest BCUT2D eigenvalue weighted by atomic mass is 16.6. The standard InChI is InChI=1S/C13H17NO/c1-14-8-2-3-10(14)13-7-6-12(4-5-12)9-11(13)15-13/h2-3,8,11H,4-7,9H2,1H3/t11-,13+/m0/s1.